The van der Waals surface area contributed by atoms with Crippen molar-refractivity contribution in [2.24, 2.45) is 5.92 Å². The molecule has 4 nitrogen and oxygen atoms in total. The van der Waals surface area contributed by atoms with E-state index >= 15 is 0 Å². The van der Waals surface area contributed by atoms with Gasteiger partial charge in [-0.2, -0.15) is 0 Å². The molecule has 6 heteroatoms. The molecule has 2 aromatic carbocycles. The highest BCUT2D eigenvalue weighted by Crippen LogP contribution is 2.51. The molecule has 0 aromatic heterocycles. The number of thioether (sulfide) groups is 2. The third-order valence-electron chi connectivity index (χ3n) is 5.62. The first kappa shape index (κ1) is 22.7. The molecule has 2 N–H and O–H groups in total. The fraction of sp³-hybridized carbons (Fsp3) is 0.478. The molecule has 1 saturated carbocycles. The van der Waals surface area contributed by atoms with Gasteiger partial charge in [0.05, 0.1) is 36.1 Å². The van der Waals surface area contributed by atoms with Gasteiger partial charge in [-0.25, -0.2) is 0 Å². The first-order chi connectivity index (χ1) is 14.1. The first-order valence-electron chi connectivity index (χ1n) is 9.84. The lowest BCUT2D eigenvalue weighted by Gasteiger charge is -2.50. The Morgan fingerprint density at radius 2 is 1.34 bits per heavy atom. The highest BCUT2D eigenvalue weighted by Gasteiger charge is 2.53. The zero-order chi connectivity index (χ0) is 20.7. The SMILES string of the molecule is CSC1(SC)C[C@@H](O)[C@@H](OCc2ccccc2)[C@H](OCc2ccccc2)[C@@H]1CO. The summed E-state index contributed by atoms with van der Waals surface area (Å²) in [7, 11) is 0. The Balaban J connectivity index is 1.82. The molecule has 4 atom stereocenters. The summed E-state index contributed by atoms with van der Waals surface area (Å²) in [6.45, 7) is 0.801. The van der Waals surface area contributed by atoms with E-state index in [0.717, 1.165) is 11.1 Å². The van der Waals surface area contributed by atoms with Crippen molar-refractivity contribution in [2.45, 2.75) is 42.0 Å². The summed E-state index contributed by atoms with van der Waals surface area (Å²) >= 11 is 3.36. The molecule has 1 fully saturated rings. The van der Waals surface area contributed by atoms with Gasteiger partial charge in [-0.3, -0.25) is 0 Å². The second-order valence-electron chi connectivity index (χ2n) is 7.30. The average molecular weight is 435 g/mol. The lowest BCUT2D eigenvalue weighted by molar-refractivity contribution is -0.177. The van der Waals surface area contributed by atoms with E-state index in [-0.39, 0.29) is 16.6 Å². The summed E-state index contributed by atoms with van der Waals surface area (Å²) in [6.07, 6.45) is 3.04. The quantitative estimate of drug-likeness (QED) is 0.583. The van der Waals surface area contributed by atoms with E-state index < -0.39 is 18.3 Å². The molecule has 0 bridgehead atoms. The van der Waals surface area contributed by atoms with Crippen molar-refractivity contribution in [1.29, 1.82) is 0 Å². The van der Waals surface area contributed by atoms with Crippen LogP contribution in [0.5, 0.6) is 0 Å². The van der Waals surface area contributed by atoms with Crippen molar-refractivity contribution in [3.05, 3.63) is 71.8 Å². The van der Waals surface area contributed by atoms with Crippen molar-refractivity contribution in [2.75, 3.05) is 19.1 Å². The van der Waals surface area contributed by atoms with Gasteiger partial charge >= 0.3 is 0 Å². The average Bonchev–Trinajstić information content (AvgIpc) is 2.77. The number of aliphatic hydroxyl groups is 2. The van der Waals surface area contributed by atoms with Gasteiger partial charge in [-0.1, -0.05) is 60.7 Å². The number of rotatable bonds is 9. The summed E-state index contributed by atoms with van der Waals surface area (Å²) in [6, 6.07) is 19.9. The van der Waals surface area contributed by atoms with Crippen molar-refractivity contribution < 1.29 is 19.7 Å². The van der Waals surface area contributed by atoms with Gasteiger partial charge in [0.1, 0.15) is 6.10 Å². The Morgan fingerprint density at radius 3 is 1.79 bits per heavy atom. The molecule has 0 spiro atoms. The summed E-state index contributed by atoms with van der Waals surface area (Å²) < 4.78 is 12.2. The number of hydrogen-bond acceptors (Lipinski definition) is 6. The summed E-state index contributed by atoms with van der Waals surface area (Å²) in [5, 5.41) is 21.3. The number of ether oxygens (including phenoxy) is 2. The van der Waals surface area contributed by atoms with E-state index in [1.54, 1.807) is 23.5 Å². The maximum absolute atomic E-state index is 11.0. The molecule has 1 aliphatic carbocycles. The second kappa shape index (κ2) is 10.8. The van der Waals surface area contributed by atoms with E-state index in [1.165, 1.54) is 0 Å². The van der Waals surface area contributed by atoms with E-state index in [0.29, 0.717) is 19.6 Å². The largest absolute Gasteiger partial charge is 0.396 e. The van der Waals surface area contributed by atoms with Crippen molar-refractivity contribution in [3.8, 4) is 0 Å². The van der Waals surface area contributed by atoms with Gasteiger partial charge in [0.2, 0.25) is 0 Å². The molecule has 1 aliphatic rings. The maximum atomic E-state index is 11.0. The predicted molar refractivity (Wildman–Crippen MR) is 121 cm³/mol. The van der Waals surface area contributed by atoms with Crippen molar-refractivity contribution in [3.63, 3.8) is 0 Å². The molecule has 2 aromatic rings. The fourth-order valence-electron chi connectivity index (χ4n) is 4.00. The minimum atomic E-state index is -0.665. The van der Waals surface area contributed by atoms with Gasteiger partial charge in [0.25, 0.3) is 0 Å². The lowest BCUT2D eigenvalue weighted by atomic mass is 9.81. The Hall–Kier alpha value is -1.02. The predicted octanol–water partition coefficient (Wildman–Crippen LogP) is 3.95. The Morgan fingerprint density at radius 1 is 0.862 bits per heavy atom. The Kier molecular flexibility index (Phi) is 8.47. The molecule has 0 aliphatic heterocycles. The molecule has 3 rings (SSSR count). The number of aliphatic hydroxyl groups excluding tert-OH is 2. The van der Waals surface area contributed by atoms with E-state index in [2.05, 4.69) is 0 Å². The summed E-state index contributed by atoms with van der Waals surface area (Å²) in [5.74, 6) is -0.152. The van der Waals surface area contributed by atoms with Crippen LogP contribution in [-0.4, -0.2) is 51.7 Å². The summed E-state index contributed by atoms with van der Waals surface area (Å²) in [5.41, 5.74) is 2.11. The van der Waals surface area contributed by atoms with Gasteiger partial charge in [0.15, 0.2) is 0 Å². The van der Waals surface area contributed by atoms with E-state index in [4.69, 9.17) is 9.47 Å². The molecule has 29 heavy (non-hydrogen) atoms. The van der Waals surface area contributed by atoms with Crippen molar-refractivity contribution >= 4 is 23.5 Å². The molecule has 0 amide bonds. The molecule has 0 heterocycles. The first-order valence-corrected chi connectivity index (χ1v) is 12.3. The highest BCUT2D eigenvalue weighted by molar-refractivity contribution is 8.17. The van der Waals surface area contributed by atoms with Crippen molar-refractivity contribution in [1.82, 2.24) is 0 Å². The van der Waals surface area contributed by atoms with Crippen LogP contribution >= 0.6 is 23.5 Å². The van der Waals surface area contributed by atoms with E-state index in [9.17, 15) is 10.2 Å². The van der Waals surface area contributed by atoms with Crippen LogP contribution in [-0.2, 0) is 22.7 Å². The van der Waals surface area contributed by atoms with Crippen LogP contribution in [0.3, 0.4) is 0 Å². The zero-order valence-electron chi connectivity index (χ0n) is 16.9. The molecular weight excluding hydrogens is 404 g/mol. The molecule has 0 saturated heterocycles. The highest BCUT2D eigenvalue weighted by atomic mass is 32.2. The monoisotopic (exact) mass is 434 g/mol. The van der Waals surface area contributed by atoms with Gasteiger partial charge in [-0.15, -0.1) is 23.5 Å². The van der Waals surface area contributed by atoms with Gasteiger partial charge in [-0.05, 0) is 23.6 Å². The number of benzene rings is 2. The molecular formula is C23H30O4S2. The Bertz CT molecular complexity index is 724. The third kappa shape index (κ3) is 5.37. The molecule has 0 radical (unpaired) electrons. The topological polar surface area (TPSA) is 58.9 Å². The van der Waals surface area contributed by atoms with Crippen LogP contribution in [0.25, 0.3) is 0 Å². The second-order valence-corrected chi connectivity index (χ2v) is 9.83. The fourth-order valence-corrected chi connectivity index (χ4v) is 6.37. The van der Waals surface area contributed by atoms with Crippen LogP contribution in [0.4, 0.5) is 0 Å². The minimum absolute atomic E-state index is 0.0148. The number of hydrogen-bond donors (Lipinski definition) is 2. The standard InChI is InChI=1S/C23H30O4S2/c1-28-23(29-2)13-20(25)22(27-16-18-11-7-4-8-12-18)21(19(23)14-24)26-15-17-9-5-3-6-10-17/h3-12,19-22,24-25H,13-16H2,1-2H3/t19-,20+,21+,22+/m0/s1. The molecule has 158 valence electrons. The normalized spacial score (nSPS) is 26.3. The smallest absolute Gasteiger partial charge is 0.110 e. The van der Waals surface area contributed by atoms with E-state index in [1.807, 2.05) is 73.2 Å². The van der Waals surface area contributed by atoms with Crippen LogP contribution < -0.4 is 0 Å². The van der Waals surface area contributed by atoms with Crippen LogP contribution in [0.15, 0.2) is 60.7 Å². The maximum Gasteiger partial charge on any atom is 0.110 e. The van der Waals surface area contributed by atoms with Crippen LogP contribution in [0.1, 0.15) is 17.5 Å². The summed E-state index contributed by atoms with van der Waals surface area (Å²) in [4.78, 5) is 0. The van der Waals surface area contributed by atoms with Crippen LogP contribution in [0.2, 0.25) is 0 Å². The Labute approximate surface area is 182 Å². The van der Waals surface area contributed by atoms with Crippen LogP contribution in [0, 0.1) is 5.92 Å². The lowest BCUT2D eigenvalue weighted by Crippen LogP contribution is -2.59. The zero-order valence-corrected chi connectivity index (χ0v) is 18.6. The third-order valence-corrected chi connectivity index (χ3v) is 8.94. The van der Waals surface area contributed by atoms with Gasteiger partial charge < -0.3 is 19.7 Å². The van der Waals surface area contributed by atoms with Gasteiger partial charge in [0, 0.05) is 12.3 Å². The molecule has 0 unspecified atom stereocenters. The minimum Gasteiger partial charge on any atom is -0.396 e.